The molecule has 14 heavy (non-hydrogen) atoms. The van der Waals surface area contributed by atoms with Gasteiger partial charge in [0, 0.05) is 6.61 Å². The molecule has 0 spiro atoms. The molecule has 0 saturated carbocycles. The van der Waals surface area contributed by atoms with Gasteiger partial charge in [0.2, 0.25) is 7.37 Å². The first-order chi connectivity index (χ1) is 6.90. The standard InChI is InChI=1S/C10H14B2O2/c1-13-10-5-3-9(4-6-10)12-7-2-8-14-11-12/h3-6,11H,2,7-8H2,1H3. The zero-order valence-electron chi connectivity index (χ0n) is 8.53. The average Bonchev–Trinajstić information content (AvgIpc) is 2.30. The van der Waals surface area contributed by atoms with E-state index >= 15 is 0 Å². The van der Waals surface area contributed by atoms with Gasteiger partial charge in [-0.15, -0.1) is 0 Å². The first-order valence-corrected chi connectivity index (χ1v) is 5.12. The SMILES string of the molecule is COc1ccc(B2BOCCC2)cc1. The Bertz CT molecular complexity index is 281. The molecule has 4 heteroatoms. The third-order valence-corrected chi connectivity index (χ3v) is 2.75. The Labute approximate surface area is 85.9 Å². The van der Waals surface area contributed by atoms with Crippen molar-refractivity contribution < 1.29 is 9.39 Å². The van der Waals surface area contributed by atoms with Gasteiger partial charge in [0.1, 0.15) is 5.75 Å². The summed E-state index contributed by atoms with van der Waals surface area (Å²) < 4.78 is 10.6. The van der Waals surface area contributed by atoms with E-state index in [0.29, 0.717) is 6.60 Å². The lowest BCUT2D eigenvalue weighted by molar-refractivity contribution is 0.336. The van der Waals surface area contributed by atoms with Crippen molar-refractivity contribution in [3.63, 3.8) is 0 Å². The van der Waals surface area contributed by atoms with Gasteiger partial charge in [-0.25, -0.2) is 0 Å². The van der Waals surface area contributed by atoms with Crippen molar-refractivity contribution in [2.24, 2.45) is 0 Å². The highest BCUT2D eigenvalue weighted by atomic mass is 16.5. The molecular weight excluding hydrogens is 174 g/mol. The second kappa shape index (κ2) is 4.56. The summed E-state index contributed by atoms with van der Waals surface area (Å²) in [6.07, 6.45) is 2.42. The molecule has 0 aromatic heterocycles. The molecule has 2 nitrogen and oxygen atoms in total. The van der Waals surface area contributed by atoms with Crippen LogP contribution in [-0.2, 0) is 4.65 Å². The molecule has 0 radical (unpaired) electrons. The summed E-state index contributed by atoms with van der Waals surface area (Å²) in [7, 11) is 2.56. The van der Waals surface area contributed by atoms with E-state index in [2.05, 4.69) is 12.1 Å². The van der Waals surface area contributed by atoms with Crippen molar-refractivity contribution in [3.05, 3.63) is 24.3 Å². The van der Waals surface area contributed by atoms with Gasteiger partial charge >= 0.3 is 0 Å². The molecular formula is C10H14B2O2. The topological polar surface area (TPSA) is 18.5 Å². The number of benzene rings is 1. The van der Waals surface area contributed by atoms with Gasteiger partial charge in [-0.05, 0) is 18.6 Å². The van der Waals surface area contributed by atoms with Crippen LogP contribution in [0, 0.1) is 0 Å². The van der Waals surface area contributed by atoms with Crippen LogP contribution in [0.15, 0.2) is 24.3 Å². The zero-order chi connectivity index (χ0) is 9.80. The quantitative estimate of drug-likeness (QED) is 0.634. The number of hydrogen-bond acceptors (Lipinski definition) is 2. The van der Waals surface area contributed by atoms with Crippen LogP contribution >= 0.6 is 0 Å². The highest BCUT2D eigenvalue weighted by molar-refractivity contribution is 7.17. The molecule has 1 aliphatic heterocycles. The summed E-state index contributed by atoms with van der Waals surface area (Å²) in [5.74, 6) is 0.922. The van der Waals surface area contributed by atoms with Crippen LogP contribution in [0.5, 0.6) is 5.75 Å². The van der Waals surface area contributed by atoms with E-state index in [-0.39, 0.29) is 0 Å². The van der Waals surface area contributed by atoms with E-state index in [0.717, 1.165) is 19.7 Å². The van der Waals surface area contributed by atoms with E-state index in [1.807, 2.05) is 12.1 Å². The lowest BCUT2D eigenvalue weighted by Crippen LogP contribution is -2.41. The lowest BCUT2D eigenvalue weighted by Gasteiger charge is -2.18. The van der Waals surface area contributed by atoms with E-state index < -0.39 is 0 Å². The third-order valence-electron chi connectivity index (χ3n) is 2.75. The summed E-state index contributed by atoms with van der Waals surface area (Å²) in [5, 5.41) is 0. The zero-order valence-corrected chi connectivity index (χ0v) is 8.53. The second-order valence-electron chi connectivity index (χ2n) is 3.69. The number of hydrogen-bond donors (Lipinski definition) is 0. The van der Waals surface area contributed by atoms with E-state index in [9.17, 15) is 0 Å². The highest BCUT2D eigenvalue weighted by Crippen LogP contribution is 2.09. The summed E-state index contributed by atoms with van der Waals surface area (Å²) in [4.78, 5) is 0. The number of rotatable bonds is 2. The van der Waals surface area contributed by atoms with Crippen LogP contribution in [-0.4, -0.2) is 27.7 Å². The summed E-state index contributed by atoms with van der Waals surface area (Å²) in [6, 6.07) is 8.31. The Morgan fingerprint density at radius 2 is 2.14 bits per heavy atom. The predicted octanol–water partition coefficient (Wildman–Crippen LogP) is 0.665. The molecule has 72 valence electrons. The monoisotopic (exact) mass is 188 g/mol. The molecule has 1 aromatic rings. The fraction of sp³-hybridized carbons (Fsp3) is 0.400. The fourth-order valence-corrected chi connectivity index (χ4v) is 1.88. The predicted molar refractivity (Wildman–Crippen MR) is 60.9 cm³/mol. The third kappa shape index (κ3) is 2.13. The first kappa shape index (κ1) is 9.66. The van der Waals surface area contributed by atoms with Gasteiger partial charge in [-0.2, -0.15) is 0 Å². The van der Waals surface area contributed by atoms with Crippen LogP contribution in [0.25, 0.3) is 0 Å². The molecule has 1 heterocycles. The van der Waals surface area contributed by atoms with Crippen molar-refractivity contribution in [1.82, 2.24) is 0 Å². The van der Waals surface area contributed by atoms with Gasteiger partial charge in [0.15, 0.2) is 6.60 Å². The van der Waals surface area contributed by atoms with E-state index in [1.165, 1.54) is 18.2 Å². The smallest absolute Gasteiger partial charge is 0.245 e. The van der Waals surface area contributed by atoms with Crippen molar-refractivity contribution in [2.75, 3.05) is 13.7 Å². The van der Waals surface area contributed by atoms with Crippen LogP contribution in [0.1, 0.15) is 6.42 Å². The van der Waals surface area contributed by atoms with Crippen molar-refractivity contribution in [2.45, 2.75) is 12.7 Å². The molecule has 0 amide bonds. The number of ether oxygens (including phenoxy) is 1. The van der Waals surface area contributed by atoms with Crippen molar-refractivity contribution in [1.29, 1.82) is 0 Å². The minimum absolute atomic E-state index is 0.578. The minimum Gasteiger partial charge on any atom is -0.497 e. The Kier molecular flexibility index (Phi) is 3.14. The van der Waals surface area contributed by atoms with E-state index in [4.69, 9.17) is 9.39 Å². The summed E-state index contributed by atoms with van der Waals surface area (Å²) >= 11 is 0. The van der Waals surface area contributed by atoms with Crippen LogP contribution in [0.3, 0.4) is 0 Å². The normalized spacial score (nSPS) is 16.2. The molecule has 0 aliphatic carbocycles. The Hall–Kier alpha value is -0.890. The Morgan fingerprint density at radius 1 is 1.36 bits per heavy atom. The van der Waals surface area contributed by atoms with Crippen molar-refractivity contribution >= 4 is 19.4 Å². The van der Waals surface area contributed by atoms with Gasteiger partial charge in [-0.1, -0.05) is 23.9 Å². The molecule has 1 aromatic carbocycles. The molecule has 0 atom stereocenters. The maximum atomic E-state index is 5.46. The van der Waals surface area contributed by atoms with Crippen LogP contribution < -0.4 is 10.2 Å². The lowest BCUT2D eigenvalue weighted by atomic mass is 9.23. The molecule has 0 bridgehead atoms. The first-order valence-electron chi connectivity index (χ1n) is 5.12. The summed E-state index contributed by atoms with van der Waals surface area (Å²) in [5.41, 5.74) is 1.37. The van der Waals surface area contributed by atoms with Gasteiger partial charge in [-0.3, -0.25) is 0 Å². The minimum atomic E-state index is 0.578. The highest BCUT2D eigenvalue weighted by Gasteiger charge is 2.21. The molecule has 0 unspecified atom stereocenters. The van der Waals surface area contributed by atoms with Gasteiger partial charge in [0.25, 0.3) is 0 Å². The van der Waals surface area contributed by atoms with Crippen LogP contribution in [0.4, 0.5) is 0 Å². The van der Waals surface area contributed by atoms with Gasteiger partial charge in [0.05, 0.1) is 7.11 Å². The average molecular weight is 188 g/mol. The molecule has 1 fully saturated rings. The maximum absolute atomic E-state index is 5.46. The molecule has 0 N–H and O–H groups in total. The molecule has 2 rings (SSSR count). The van der Waals surface area contributed by atoms with Crippen molar-refractivity contribution in [3.8, 4) is 5.75 Å². The maximum Gasteiger partial charge on any atom is 0.245 e. The Balaban J connectivity index is 2.07. The fourth-order valence-electron chi connectivity index (χ4n) is 1.88. The Morgan fingerprint density at radius 3 is 2.71 bits per heavy atom. The largest absolute Gasteiger partial charge is 0.497 e. The second-order valence-corrected chi connectivity index (χ2v) is 3.69. The molecule has 1 saturated heterocycles. The molecule has 1 aliphatic rings. The van der Waals surface area contributed by atoms with Crippen LogP contribution in [0.2, 0.25) is 6.32 Å². The number of methoxy groups -OCH3 is 1. The van der Waals surface area contributed by atoms with E-state index in [1.54, 1.807) is 7.11 Å². The summed E-state index contributed by atoms with van der Waals surface area (Å²) in [6.45, 7) is 1.50. The van der Waals surface area contributed by atoms with Gasteiger partial charge < -0.3 is 9.39 Å².